The van der Waals surface area contributed by atoms with Gasteiger partial charge in [0.1, 0.15) is 18.5 Å². The lowest BCUT2D eigenvalue weighted by atomic mass is 10.3. The van der Waals surface area contributed by atoms with Crippen molar-refractivity contribution >= 4 is 17.5 Å². The molecule has 1 aromatic rings. The summed E-state index contributed by atoms with van der Waals surface area (Å²) in [5.41, 5.74) is 0. The fourth-order valence-corrected chi connectivity index (χ4v) is 1.50. The number of hydrogen-bond acceptors (Lipinski definition) is 4. The van der Waals surface area contributed by atoms with Crippen molar-refractivity contribution in [3.63, 3.8) is 0 Å². The monoisotopic (exact) mass is 286 g/mol. The molecule has 0 fully saturated rings. The number of hydrogen-bond donors (Lipinski definition) is 3. The van der Waals surface area contributed by atoms with Crippen LogP contribution in [0.5, 0.6) is 5.75 Å². The summed E-state index contributed by atoms with van der Waals surface area (Å²) in [4.78, 5) is 10.6. The van der Waals surface area contributed by atoms with Crippen molar-refractivity contribution in [2.24, 2.45) is 0 Å². The van der Waals surface area contributed by atoms with Crippen molar-refractivity contribution in [1.29, 1.82) is 0 Å². The Bertz CT molecular complexity index is 384. The largest absolute Gasteiger partial charge is 0.491 e. The highest BCUT2D eigenvalue weighted by molar-refractivity contribution is 6.30. The van der Waals surface area contributed by atoms with Gasteiger partial charge in [-0.15, -0.1) is 0 Å². The lowest BCUT2D eigenvalue weighted by Gasteiger charge is -2.13. The normalized spacial score (nSPS) is 11.9. The maximum absolute atomic E-state index is 10.6. The van der Waals surface area contributed by atoms with E-state index >= 15 is 0 Å². The first-order chi connectivity index (χ1) is 9.08. The molecular weight excluding hydrogens is 268 g/mol. The van der Waals surface area contributed by atoms with Crippen LogP contribution in [-0.4, -0.2) is 43.4 Å². The van der Waals surface area contributed by atoms with Gasteiger partial charge in [0.25, 0.3) is 0 Å². The summed E-state index contributed by atoms with van der Waals surface area (Å²) >= 11 is 5.75. The van der Waals surface area contributed by atoms with Crippen LogP contribution >= 0.6 is 11.6 Å². The molecule has 0 aromatic heterocycles. The second-order valence-corrected chi connectivity index (χ2v) is 4.54. The van der Waals surface area contributed by atoms with Gasteiger partial charge in [-0.25, -0.2) is 0 Å². The molecular formula is C13H19ClN2O3. The van der Waals surface area contributed by atoms with Crippen molar-refractivity contribution < 1.29 is 14.6 Å². The van der Waals surface area contributed by atoms with Gasteiger partial charge in [0, 0.05) is 31.6 Å². The van der Waals surface area contributed by atoms with Gasteiger partial charge in [-0.1, -0.05) is 11.6 Å². The maximum Gasteiger partial charge on any atom is 0.216 e. The Morgan fingerprint density at radius 3 is 2.68 bits per heavy atom. The van der Waals surface area contributed by atoms with E-state index in [0.29, 0.717) is 30.4 Å². The molecule has 1 amide bonds. The van der Waals surface area contributed by atoms with Crippen LogP contribution in [0.2, 0.25) is 5.02 Å². The van der Waals surface area contributed by atoms with Crippen LogP contribution in [0.25, 0.3) is 0 Å². The molecule has 19 heavy (non-hydrogen) atoms. The fourth-order valence-electron chi connectivity index (χ4n) is 1.38. The molecule has 0 heterocycles. The summed E-state index contributed by atoms with van der Waals surface area (Å²) < 4.78 is 5.40. The molecule has 3 N–H and O–H groups in total. The number of rotatable bonds is 8. The van der Waals surface area contributed by atoms with Gasteiger partial charge < -0.3 is 20.5 Å². The molecule has 0 saturated carbocycles. The smallest absolute Gasteiger partial charge is 0.216 e. The second kappa shape index (κ2) is 8.74. The topological polar surface area (TPSA) is 70.6 Å². The number of benzene rings is 1. The Labute approximate surface area is 117 Å². The highest BCUT2D eigenvalue weighted by Gasteiger charge is 2.04. The van der Waals surface area contributed by atoms with Crippen LogP contribution in [0.3, 0.4) is 0 Å². The number of carbonyl (C=O) groups excluding carboxylic acids is 1. The van der Waals surface area contributed by atoms with Gasteiger partial charge >= 0.3 is 0 Å². The predicted octanol–water partition coefficient (Wildman–Crippen LogP) is 0.805. The predicted molar refractivity (Wildman–Crippen MR) is 74.5 cm³/mol. The zero-order chi connectivity index (χ0) is 14.1. The van der Waals surface area contributed by atoms with Crippen LogP contribution in [0.15, 0.2) is 24.3 Å². The molecule has 6 heteroatoms. The summed E-state index contributed by atoms with van der Waals surface area (Å²) in [7, 11) is 0. The SMILES string of the molecule is CC(=O)NCCNCC(O)COc1ccc(Cl)cc1. The molecule has 1 atom stereocenters. The Morgan fingerprint density at radius 1 is 1.37 bits per heavy atom. The lowest BCUT2D eigenvalue weighted by Crippen LogP contribution is -2.36. The fraction of sp³-hybridized carbons (Fsp3) is 0.462. The molecule has 0 radical (unpaired) electrons. The van der Waals surface area contributed by atoms with Gasteiger partial charge in [-0.05, 0) is 24.3 Å². The maximum atomic E-state index is 10.6. The minimum absolute atomic E-state index is 0.0616. The van der Waals surface area contributed by atoms with E-state index < -0.39 is 6.10 Å². The molecule has 0 bridgehead atoms. The zero-order valence-corrected chi connectivity index (χ0v) is 11.6. The molecule has 1 unspecified atom stereocenters. The standard InChI is InChI=1S/C13H19ClN2O3/c1-10(17)16-7-6-15-8-12(18)9-19-13-4-2-11(14)3-5-13/h2-5,12,15,18H,6-9H2,1H3,(H,16,17). The van der Waals surface area contributed by atoms with E-state index in [2.05, 4.69) is 10.6 Å². The molecule has 0 aliphatic rings. The van der Waals surface area contributed by atoms with Crippen molar-refractivity contribution in [3.8, 4) is 5.75 Å². The quantitative estimate of drug-likeness (QED) is 0.619. The number of nitrogens with one attached hydrogen (secondary N) is 2. The number of amides is 1. The molecule has 5 nitrogen and oxygen atoms in total. The van der Waals surface area contributed by atoms with E-state index in [1.807, 2.05) is 0 Å². The van der Waals surface area contributed by atoms with Crippen LogP contribution in [0.1, 0.15) is 6.92 Å². The first kappa shape index (κ1) is 15.8. The average molecular weight is 287 g/mol. The van der Waals surface area contributed by atoms with Gasteiger partial charge in [-0.3, -0.25) is 4.79 Å². The number of ether oxygens (including phenoxy) is 1. The van der Waals surface area contributed by atoms with Crippen molar-refractivity contribution in [3.05, 3.63) is 29.3 Å². The molecule has 1 rings (SSSR count). The van der Waals surface area contributed by atoms with E-state index in [1.165, 1.54) is 6.92 Å². The van der Waals surface area contributed by atoms with Gasteiger partial charge in [0.15, 0.2) is 0 Å². The Hall–Kier alpha value is -1.30. The average Bonchev–Trinajstić information content (AvgIpc) is 2.37. The molecule has 1 aromatic carbocycles. The lowest BCUT2D eigenvalue weighted by molar-refractivity contribution is -0.118. The third kappa shape index (κ3) is 7.66. The highest BCUT2D eigenvalue weighted by atomic mass is 35.5. The van der Waals surface area contributed by atoms with Crippen molar-refractivity contribution in [2.75, 3.05) is 26.2 Å². The Balaban J connectivity index is 2.09. The minimum Gasteiger partial charge on any atom is -0.491 e. The third-order valence-electron chi connectivity index (χ3n) is 2.31. The molecule has 0 spiro atoms. The molecule has 0 saturated heterocycles. The van der Waals surface area contributed by atoms with E-state index in [4.69, 9.17) is 16.3 Å². The Kier molecular flexibility index (Phi) is 7.25. The van der Waals surface area contributed by atoms with E-state index in [1.54, 1.807) is 24.3 Å². The van der Waals surface area contributed by atoms with Gasteiger partial charge in [-0.2, -0.15) is 0 Å². The van der Waals surface area contributed by atoms with E-state index in [9.17, 15) is 9.90 Å². The summed E-state index contributed by atoms with van der Waals surface area (Å²) in [6.45, 7) is 3.23. The van der Waals surface area contributed by atoms with Crippen LogP contribution in [-0.2, 0) is 4.79 Å². The van der Waals surface area contributed by atoms with Crippen LogP contribution in [0.4, 0.5) is 0 Å². The summed E-state index contributed by atoms with van der Waals surface area (Å²) in [6.07, 6.45) is -0.604. The third-order valence-corrected chi connectivity index (χ3v) is 2.56. The van der Waals surface area contributed by atoms with Crippen LogP contribution in [0, 0.1) is 0 Å². The van der Waals surface area contributed by atoms with Gasteiger partial charge in [0.05, 0.1) is 0 Å². The number of halogens is 1. The molecule has 106 valence electrons. The number of aliphatic hydroxyl groups excluding tert-OH is 1. The summed E-state index contributed by atoms with van der Waals surface area (Å²) in [5, 5.41) is 16.0. The number of aliphatic hydroxyl groups is 1. The van der Waals surface area contributed by atoms with E-state index in [-0.39, 0.29) is 12.5 Å². The Morgan fingerprint density at radius 2 is 2.05 bits per heavy atom. The first-order valence-corrected chi connectivity index (χ1v) is 6.47. The molecule has 0 aliphatic heterocycles. The summed E-state index contributed by atoms with van der Waals surface area (Å²) in [6, 6.07) is 6.96. The van der Waals surface area contributed by atoms with Crippen molar-refractivity contribution in [1.82, 2.24) is 10.6 Å². The molecule has 0 aliphatic carbocycles. The van der Waals surface area contributed by atoms with Crippen LogP contribution < -0.4 is 15.4 Å². The summed E-state index contributed by atoms with van der Waals surface area (Å²) in [5.74, 6) is 0.607. The zero-order valence-electron chi connectivity index (χ0n) is 10.9. The van der Waals surface area contributed by atoms with Gasteiger partial charge in [0.2, 0.25) is 5.91 Å². The minimum atomic E-state index is -0.604. The second-order valence-electron chi connectivity index (χ2n) is 4.11. The first-order valence-electron chi connectivity index (χ1n) is 6.09. The van der Waals surface area contributed by atoms with E-state index in [0.717, 1.165) is 0 Å². The number of carbonyl (C=O) groups is 1. The highest BCUT2D eigenvalue weighted by Crippen LogP contribution is 2.15. The van der Waals surface area contributed by atoms with Crippen molar-refractivity contribution in [2.45, 2.75) is 13.0 Å².